The Kier molecular flexibility index (Phi) is 1.38. The molecular weight excluding hydrogens is 116 g/mol. The lowest BCUT2D eigenvalue weighted by atomic mass is 10.5. The van der Waals surface area contributed by atoms with Gasteiger partial charge in [0.25, 0.3) is 0 Å². The van der Waals surface area contributed by atoms with E-state index in [1.165, 1.54) is 0 Å². The summed E-state index contributed by atoms with van der Waals surface area (Å²) in [4.78, 5) is 0. The Labute approximate surface area is 54.4 Å². The summed E-state index contributed by atoms with van der Waals surface area (Å²) >= 11 is 0. The zero-order valence-corrected chi connectivity index (χ0v) is 5.87. The van der Waals surface area contributed by atoms with Crippen LogP contribution in [0, 0.1) is 0 Å². The highest BCUT2D eigenvalue weighted by atomic mass is 15.9. The van der Waals surface area contributed by atoms with Crippen LogP contribution in [0.15, 0.2) is 10.2 Å². The number of rotatable bonds is 0. The van der Waals surface area contributed by atoms with Crippen LogP contribution in [0.3, 0.4) is 0 Å². The number of nitrogens with zero attached hydrogens (tertiary/aromatic N) is 4. The first-order chi connectivity index (χ1) is 4.20. The molecule has 1 aliphatic heterocycles. The molecule has 9 heavy (non-hydrogen) atoms. The normalized spacial score (nSPS) is 18.3. The van der Waals surface area contributed by atoms with Gasteiger partial charge in [-0.15, -0.1) is 0 Å². The largest absolute Gasteiger partial charge is 0.193 e. The lowest BCUT2D eigenvalue weighted by Gasteiger charge is -2.24. The van der Waals surface area contributed by atoms with E-state index in [1.807, 2.05) is 21.0 Å². The van der Waals surface area contributed by atoms with E-state index < -0.39 is 0 Å². The second kappa shape index (κ2) is 2.05. The van der Waals surface area contributed by atoms with Crippen molar-refractivity contribution in [2.45, 2.75) is 6.92 Å². The Morgan fingerprint density at radius 2 is 2.00 bits per heavy atom. The topological polar surface area (TPSA) is 31.2 Å². The van der Waals surface area contributed by atoms with Gasteiger partial charge in [-0.3, -0.25) is 0 Å². The molecule has 1 heterocycles. The van der Waals surface area contributed by atoms with Crippen LogP contribution in [0.25, 0.3) is 0 Å². The highest BCUT2D eigenvalue weighted by Gasteiger charge is 2.02. The van der Waals surface area contributed by atoms with Crippen LogP contribution < -0.4 is 0 Å². The van der Waals surface area contributed by atoms with Crippen molar-refractivity contribution in [3.05, 3.63) is 0 Å². The minimum atomic E-state index is 0.926. The molecule has 0 N–H and O–H groups in total. The lowest BCUT2D eigenvalue weighted by molar-refractivity contribution is 0.0313. The fourth-order valence-electron chi connectivity index (χ4n) is 0.561. The van der Waals surface area contributed by atoms with E-state index in [0.717, 1.165) is 5.71 Å². The van der Waals surface area contributed by atoms with E-state index in [0.29, 0.717) is 0 Å². The average Bonchev–Trinajstić information content (AvgIpc) is 1.80. The molecule has 1 aliphatic rings. The van der Waals surface area contributed by atoms with Crippen molar-refractivity contribution in [1.29, 1.82) is 0 Å². The zero-order chi connectivity index (χ0) is 6.85. The van der Waals surface area contributed by atoms with Crippen LogP contribution in [-0.4, -0.2) is 36.3 Å². The van der Waals surface area contributed by atoms with Crippen LogP contribution in [0.1, 0.15) is 6.92 Å². The van der Waals surface area contributed by atoms with Gasteiger partial charge >= 0.3 is 0 Å². The first-order valence-corrected chi connectivity index (χ1v) is 2.76. The van der Waals surface area contributed by atoms with Gasteiger partial charge in [0.15, 0.2) is 0 Å². The quantitative estimate of drug-likeness (QED) is 0.462. The predicted molar refractivity (Wildman–Crippen MR) is 37.1 cm³/mol. The van der Waals surface area contributed by atoms with Gasteiger partial charge < -0.3 is 0 Å². The fraction of sp³-hybridized carbons (Fsp3) is 0.600. The van der Waals surface area contributed by atoms with Crippen LogP contribution >= 0.6 is 0 Å². The molecule has 4 heteroatoms. The molecule has 0 radical (unpaired) electrons. The number of hydrogen-bond acceptors (Lipinski definition) is 4. The van der Waals surface area contributed by atoms with E-state index in [9.17, 15) is 0 Å². The number of hydrazone groups is 2. The molecule has 0 aromatic carbocycles. The van der Waals surface area contributed by atoms with E-state index in [2.05, 4.69) is 10.2 Å². The van der Waals surface area contributed by atoms with Gasteiger partial charge in [-0.05, 0) is 6.92 Å². The average molecular weight is 126 g/mol. The summed E-state index contributed by atoms with van der Waals surface area (Å²) in [5.74, 6) is 0. The molecule has 1 rings (SSSR count). The Bertz CT molecular complexity index is 160. The van der Waals surface area contributed by atoms with Crippen LogP contribution in [0.4, 0.5) is 0 Å². The molecule has 0 unspecified atom stereocenters. The van der Waals surface area contributed by atoms with E-state index in [-0.39, 0.29) is 0 Å². The highest BCUT2D eigenvalue weighted by Crippen LogP contribution is 1.96. The smallest absolute Gasteiger partial charge is 0.0796 e. The standard InChI is InChI=1S/C5H10N4/c1-5-4-6-8(2)9(3)7-5/h4H,1-3H3. The SMILES string of the molecule is CC1=NN(C)N(C)N=C1. The molecule has 0 fully saturated rings. The maximum atomic E-state index is 4.09. The summed E-state index contributed by atoms with van der Waals surface area (Å²) < 4.78 is 0. The molecule has 0 saturated heterocycles. The van der Waals surface area contributed by atoms with Gasteiger partial charge in [0.05, 0.1) is 11.9 Å². The summed E-state index contributed by atoms with van der Waals surface area (Å²) in [6, 6.07) is 0. The maximum Gasteiger partial charge on any atom is 0.0796 e. The van der Waals surface area contributed by atoms with Gasteiger partial charge in [-0.2, -0.15) is 20.4 Å². The summed E-state index contributed by atoms with van der Waals surface area (Å²) in [5.41, 5.74) is 0.926. The fourth-order valence-corrected chi connectivity index (χ4v) is 0.561. The third-order valence-electron chi connectivity index (χ3n) is 1.13. The van der Waals surface area contributed by atoms with Gasteiger partial charge in [0, 0.05) is 14.1 Å². The molecule has 0 aromatic heterocycles. The number of hydrogen-bond donors (Lipinski definition) is 0. The Morgan fingerprint density at radius 3 is 2.44 bits per heavy atom. The molecule has 4 nitrogen and oxygen atoms in total. The predicted octanol–water partition coefficient (Wildman–Crippen LogP) is 0.140. The van der Waals surface area contributed by atoms with Crippen molar-refractivity contribution >= 4 is 11.9 Å². The Balaban J connectivity index is 2.70. The molecule has 0 aliphatic carbocycles. The van der Waals surface area contributed by atoms with Gasteiger partial charge in [-0.1, -0.05) is 0 Å². The third kappa shape index (κ3) is 1.19. The monoisotopic (exact) mass is 126 g/mol. The van der Waals surface area contributed by atoms with Crippen molar-refractivity contribution in [2.24, 2.45) is 10.2 Å². The third-order valence-corrected chi connectivity index (χ3v) is 1.13. The maximum absolute atomic E-state index is 4.09. The molecule has 50 valence electrons. The van der Waals surface area contributed by atoms with Gasteiger partial charge in [-0.25, -0.2) is 0 Å². The minimum absolute atomic E-state index is 0.926. The molecule has 0 spiro atoms. The summed E-state index contributed by atoms with van der Waals surface area (Å²) in [6.07, 6.45) is 1.72. The van der Waals surface area contributed by atoms with Crippen LogP contribution in [0.5, 0.6) is 0 Å². The Hall–Kier alpha value is -1.06. The molecule has 0 saturated carbocycles. The van der Waals surface area contributed by atoms with Crippen molar-refractivity contribution < 1.29 is 0 Å². The summed E-state index contributed by atoms with van der Waals surface area (Å²) in [5, 5.41) is 11.4. The van der Waals surface area contributed by atoms with Crippen molar-refractivity contribution in [1.82, 2.24) is 10.2 Å². The lowest BCUT2D eigenvalue weighted by Crippen LogP contribution is -2.32. The highest BCUT2D eigenvalue weighted by molar-refractivity contribution is 6.29. The van der Waals surface area contributed by atoms with E-state index in [4.69, 9.17) is 0 Å². The first-order valence-electron chi connectivity index (χ1n) is 2.76. The molecule has 0 amide bonds. The second-order valence-corrected chi connectivity index (χ2v) is 1.96. The Morgan fingerprint density at radius 1 is 1.33 bits per heavy atom. The number of hydrazine groups is 1. The second-order valence-electron chi connectivity index (χ2n) is 1.96. The zero-order valence-electron chi connectivity index (χ0n) is 5.87. The van der Waals surface area contributed by atoms with Crippen molar-refractivity contribution in [3.8, 4) is 0 Å². The summed E-state index contributed by atoms with van der Waals surface area (Å²) in [6.45, 7) is 1.91. The van der Waals surface area contributed by atoms with E-state index in [1.54, 1.807) is 16.5 Å². The van der Waals surface area contributed by atoms with Gasteiger partial charge in [0.2, 0.25) is 0 Å². The summed E-state index contributed by atoms with van der Waals surface area (Å²) in [7, 11) is 3.69. The first kappa shape index (κ1) is 6.07. The van der Waals surface area contributed by atoms with Crippen LogP contribution in [0.2, 0.25) is 0 Å². The van der Waals surface area contributed by atoms with Gasteiger partial charge in [0.1, 0.15) is 0 Å². The molecule has 0 aromatic rings. The van der Waals surface area contributed by atoms with Crippen LogP contribution in [-0.2, 0) is 0 Å². The van der Waals surface area contributed by atoms with Crippen molar-refractivity contribution in [2.75, 3.05) is 14.1 Å². The minimum Gasteiger partial charge on any atom is -0.193 e. The van der Waals surface area contributed by atoms with E-state index >= 15 is 0 Å². The molecule has 0 atom stereocenters. The molecule has 0 bridgehead atoms. The molecular formula is C5H10N4. The van der Waals surface area contributed by atoms with Crippen molar-refractivity contribution in [3.63, 3.8) is 0 Å².